The molecule has 0 aromatic carbocycles. The van der Waals surface area contributed by atoms with Crippen molar-refractivity contribution >= 4 is 11.8 Å². The van der Waals surface area contributed by atoms with Gasteiger partial charge in [0.05, 0.1) is 6.61 Å². The summed E-state index contributed by atoms with van der Waals surface area (Å²) in [6.07, 6.45) is 5.37. The highest BCUT2D eigenvalue weighted by Gasteiger charge is 2.38. The van der Waals surface area contributed by atoms with Crippen molar-refractivity contribution in [2.45, 2.75) is 45.4 Å². The number of carbonyl (C=O) groups is 2. The van der Waals surface area contributed by atoms with Crippen LogP contribution in [0.5, 0.6) is 0 Å². The van der Waals surface area contributed by atoms with E-state index in [1.165, 1.54) is 0 Å². The lowest BCUT2D eigenvalue weighted by molar-refractivity contribution is -0.133. The minimum atomic E-state index is 0.260. The summed E-state index contributed by atoms with van der Waals surface area (Å²) in [5, 5.41) is 0. The Hall–Kier alpha value is -1.10. The van der Waals surface area contributed by atoms with Gasteiger partial charge in [-0.25, -0.2) is 0 Å². The molecule has 1 spiro atoms. The molecular weight excluding hydrogens is 268 g/mol. The summed E-state index contributed by atoms with van der Waals surface area (Å²) in [5.41, 5.74) is 0.266. The van der Waals surface area contributed by atoms with Crippen molar-refractivity contribution in [1.82, 2.24) is 9.80 Å². The van der Waals surface area contributed by atoms with Gasteiger partial charge in [-0.1, -0.05) is 6.92 Å². The molecule has 21 heavy (non-hydrogen) atoms. The van der Waals surface area contributed by atoms with Crippen LogP contribution in [0.1, 0.15) is 45.4 Å². The smallest absolute Gasteiger partial charge is 0.222 e. The van der Waals surface area contributed by atoms with Gasteiger partial charge in [0.1, 0.15) is 0 Å². The second kappa shape index (κ2) is 7.25. The second-order valence-electron chi connectivity index (χ2n) is 6.36. The first-order valence-electron chi connectivity index (χ1n) is 8.15. The van der Waals surface area contributed by atoms with Crippen LogP contribution in [0, 0.1) is 5.41 Å². The molecular formula is C16H28N2O3. The molecule has 0 aromatic rings. The van der Waals surface area contributed by atoms with Crippen LogP contribution in [0.4, 0.5) is 0 Å². The van der Waals surface area contributed by atoms with E-state index in [9.17, 15) is 9.59 Å². The van der Waals surface area contributed by atoms with Crippen LogP contribution in [-0.4, -0.2) is 61.5 Å². The highest BCUT2D eigenvalue weighted by atomic mass is 16.5. The van der Waals surface area contributed by atoms with E-state index in [1.54, 1.807) is 7.11 Å². The number of carbonyl (C=O) groups excluding carboxylic acids is 2. The van der Waals surface area contributed by atoms with Crippen molar-refractivity contribution in [3.63, 3.8) is 0 Å². The number of amides is 2. The van der Waals surface area contributed by atoms with Gasteiger partial charge in [0.2, 0.25) is 11.8 Å². The zero-order valence-corrected chi connectivity index (χ0v) is 13.4. The van der Waals surface area contributed by atoms with E-state index >= 15 is 0 Å². The third kappa shape index (κ3) is 3.96. The van der Waals surface area contributed by atoms with Gasteiger partial charge in [0.15, 0.2) is 0 Å². The van der Waals surface area contributed by atoms with Crippen LogP contribution in [0.15, 0.2) is 0 Å². The zero-order valence-electron chi connectivity index (χ0n) is 13.4. The van der Waals surface area contributed by atoms with Gasteiger partial charge in [-0.15, -0.1) is 0 Å². The molecule has 0 unspecified atom stereocenters. The average molecular weight is 296 g/mol. The summed E-state index contributed by atoms with van der Waals surface area (Å²) in [4.78, 5) is 27.9. The maximum Gasteiger partial charge on any atom is 0.222 e. The molecule has 0 saturated carbocycles. The fourth-order valence-electron chi connectivity index (χ4n) is 3.54. The largest absolute Gasteiger partial charge is 0.383 e. The van der Waals surface area contributed by atoms with Crippen LogP contribution >= 0.6 is 0 Å². The van der Waals surface area contributed by atoms with E-state index < -0.39 is 0 Å². The van der Waals surface area contributed by atoms with Crippen molar-refractivity contribution in [3.05, 3.63) is 0 Å². The molecule has 2 heterocycles. The fraction of sp³-hybridized carbons (Fsp3) is 0.875. The van der Waals surface area contributed by atoms with Crippen LogP contribution in [0.25, 0.3) is 0 Å². The monoisotopic (exact) mass is 296 g/mol. The third-order valence-electron chi connectivity index (χ3n) is 5.18. The van der Waals surface area contributed by atoms with Crippen molar-refractivity contribution < 1.29 is 14.3 Å². The van der Waals surface area contributed by atoms with E-state index in [-0.39, 0.29) is 17.2 Å². The maximum absolute atomic E-state index is 12.2. The molecule has 2 amide bonds. The van der Waals surface area contributed by atoms with Gasteiger partial charge < -0.3 is 14.5 Å². The fourth-order valence-corrected chi connectivity index (χ4v) is 3.54. The van der Waals surface area contributed by atoms with E-state index in [1.807, 2.05) is 16.7 Å². The van der Waals surface area contributed by atoms with Gasteiger partial charge in [0.25, 0.3) is 0 Å². The number of rotatable bonds is 4. The summed E-state index contributed by atoms with van der Waals surface area (Å²) in [7, 11) is 1.67. The Balaban J connectivity index is 1.90. The number of likely N-dealkylation sites (tertiary alicyclic amines) is 2. The number of nitrogens with zero attached hydrogens (tertiary/aromatic N) is 2. The highest BCUT2D eigenvalue weighted by Crippen LogP contribution is 2.41. The second-order valence-corrected chi connectivity index (χ2v) is 6.36. The molecule has 0 bridgehead atoms. The zero-order chi connectivity index (χ0) is 15.3. The molecule has 2 fully saturated rings. The molecule has 120 valence electrons. The summed E-state index contributed by atoms with van der Waals surface area (Å²) < 4.78 is 5.09. The van der Waals surface area contributed by atoms with E-state index in [0.29, 0.717) is 26.0 Å². The molecule has 0 aliphatic carbocycles. The van der Waals surface area contributed by atoms with Crippen molar-refractivity contribution in [2.75, 3.05) is 39.9 Å². The molecule has 0 atom stereocenters. The normalized spacial score (nSPS) is 22.5. The van der Waals surface area contributed by atoms with E-state index in [0.717, 1.165) is 45.3 Å². The Morgan fingerprint density at radius 1 is 1.19 bits per heavy atom. The number of hydrogen-bond donors (Lipinski definition) is 0. The van der Waals surface area contributed by atoms with Crippen LogP contribution < -0.4 is 0 Å². The summed E-state index contributed by atoms with van der Waals surface area (Å²) in [6.45, 7) is 5.79. The molecule has 2 aliphatic rings. The lowest BCUT2D eigenvalue weighted by atomic mass is 9.73. The molecule has 5 heteroatoms. The standard InChI is InChI=1S/C16H28N2O3/c1-3-14(19)17-9-6-16(7-10-17)5-4-15(20)18(11-8-16)12-13-21-2/h3-13H2,1-2H3. The minimum absolute atomic E-state index is 0.260. The van der Waals surface area contributed by atoms with Crippen molar-refractivity contribution in [1.29, 1.82) is 0 Å². The number of piperidine rings is 1. The quantitative estimate of drug-likeness (QED) is 0.793. The Morgan fingerprint density at radius 3 is 2.48 bits per heavy atom. The van der Waals surface area contributed by atoms with Crippen LogP contribution in [-0.2, 0) is 14.3 Å². The van der Waals surface area contributed by atoms with Crippen LogP contribution in [0.3, 0.4) is 0 Å². The van der Waals surface area contributed by atoms with Crippen molar-refractivity contribution in [2.24, 2.45) is 5.41 Å². The third-order valence-corrected chi connectivity index (χ3v) is 5.18. The van der Waals surface area contributed by atoms with Gasteiger partial charge in [-0.05, 0) is 31.1 Å². The number of ether oxygens (including phenoxy) is 1. The Morgan fingerprint density at radius 2 is 1.86 bits per heavy atom. The summed E-state index contributed by atoms with van der Waals surface area (Å²) in [6, 6.07) is 0. The SMILES string of the molecule is CCC(=O)N1CCC2(CCC(=O)N(CCOC)CC2)CC1. The van der Waals surface area contributed by atoms with E-state index in [2.05, 4.69) is 0 Å². The van der Waals surface area contributed by atoms with Gasteiger partial charge in [0, 0.05) is 46.1 Å². The molecule has 0 radical (unpaired) electrons. The average Bonchev–Trinajstić information content (AvgIpc) is 2.66. The van der Waals surface area contributed by atoms with Crippen LogP contribution in [0.2, 0.25) is 0 Å². The molecule has 0 aromatic heterocycles. The number of methoxy groups -OCH3 is 1. The Kier molecular flexibility index (Phi) is 5.62. The lowest BCUT2D eigenvalue weighted by Gasteiger charge is -2.41. The lowest BCUT2D eigenvalue weighted by Crippen LogP contribution is -2.43. The Labute approximate surface area is 127 Å². The minimum Gasteiger partial charge on any atom is -0.383 e. The van der Waals surface area contributed by atoms with Gasteiger partial charge in [-0.3, -0.25) is 9.59 Å². The topological polar surface area (TPSA) is 49.9 Å². The molecule has 2 rings (SSSR count). The van der Waals surface area contributed by atoms with Gasteiger partial charge >= 0.3 is 0 Å². The van der Waals surface area contributed by atoms with E-state index in [4.69, 9.17) is 4.74 Å². The predicted octanol–water partition coefficient (Wildman–Crippen LogP) is 1.66. The number of hydrogen-bond acceptors (Lipinski definition) is 3. The first-order chi connectivity index (χ1) is 10.1. The summed E-state index contributed by atoms with van der Waals surface area (Å²) in [5.74, 6) is 0.521. The van der Waals surface area contributed by atoms with Gasteiger partial charge in [-0.2, -0.15) is 0 Å². The molecule has 0 N–H and O–H groups in total. The summed E-state index contributed by atoms with van der Waals surface area (Å²) >= 11 is 0. The maximum atomic E-state index is 12.2. The first-order valence-corrected chi connectivity index (χ1v) is 8.15. The molecule has 5 nitrogen and oxygen atoms in total. The Bertz CT molecular complexity index is 376. The highest BCUT2D eigenvalue weighted by molar-refractivity contribution is 5.77. The molecule has 2 saturated heterocycles. The first kappa shape index (κ1) is 16.3. The van der Waals surface area contributed by atoms with Crippen molar-refractivity contribution in [3.8, 4) is 0 Å². The molecule has 2 aliphatic heterocycles. The predicted molar refractivity (Wildman–Crippen MR) is 80.8 cm³/mol.